The van der Waals surface area contributed by atoms with Crippen molar-refractivity contribution in [3.63, 3.8) is 0 Å². The Morgan fingerprint density at radius 3 is 2.21 bits per heavy atom. The first-order valence-corrected chi connectivity index (χ1v) is 6.31. The molecule has 1 amide bonds. The van der Waals surface area contributed by atoms with Gasteiger partial charge < -0.3 is 5.32 Å². The van der Waals surface area contributed by atoms with Crippen LogP contribution in [0.25, 0.3) is 0 Å². The van der Waals surface area contributed by atoms with E-state index in [4.69, 9.17) is 34.8 Å². The van der Waals surface area contributed by atoms with Crippen LogP contribution in [-0.4, -0.2) is 5.91 Å². The fourth-order valence-corrected chi connectivity index (χ4v) is 2.17. The zero-order valence-corrected chi connectivity index (χ0v) is 11.7. The van der Waals surface area contributed by atoms with E-state index in [1.54, 1.807) is 0 Å². The number of nitrogens with one attached hydrogen (secondary N) is 1. The van der Waals surface area contributed by atoms with Crippen LogP contribution in [-0.2, 0) is 0 Å². The number of carbonyl (C=O) groups is 1. The summed E-state index contributed by atoms with van der Waals surface area (Å²) < 4.78 is 13.5. The average Bonchev–Trinajstić information content (AvgIpc) is 2.32. The molecule has 0 saturated carbocycles. The zero-order valence-electron chi connectivity index (χ0n) is 9.38. The van der Waals surface area contributed by atoms with Gasteiger partial charge in [0.25, 0.3) is 5.91 Å². The molecule has 0 aliphatic heterocycles. The quantitative estimate of drug-likeness (QED) is 0.826. The lowest BCUT2D eigenvalue weighted by atomic mass is 10.2. The van der Waals surface area contributed by atoms with E-state index >= 15 is 0 Å². The predicted molar refractivity (Wildman–Crippen MR) is 75.8 cm³/mol. The van der Waals surface area contributed by atoms with Crippen molar-refractivity contribution in [1.29, 1.82) is 0 Å². The van der Waals surface area contributed by atoms with E-state index in [1.807, 2.05) is 0 Å². The minimum absolute atomic E-state index is 0.00593. The maximum absolute atomic E-state index is 13.5. The Kier molecular flexibility index (Phi) is 4.30. The summed E-state index contributed by atoms with van der Waals surface area (Å²) in [5.41, 5.74) is 0.227. The summed E-state index contributed by atoms with van der Waals surface area (Å²) in [6.45, 7) is 0. The molecule has 0 aromatic heterocycles. The van der Waals surface area contributed by atoms with Gasteiger partial charge in [-0.3, -0.25) is 4.79 Å². The highest BCUT2D eigenvalue weighted by Gasteiger charge is 2.11. The smallest absolute Gasteiger partial charge is 0.255 e. The van der Waals surface area contributed by atoms with Crippen LogP contribution in [0.1, 0.15) is 10.4 Å². The lowest BCUT2D eigenvalue weighted by molar-refractivity contribution is 0.102. The summed E-state index contributed by atoms with van der Waals surface area (Å²) >= 11 is 17.3. The van der Waals surface area contributed by atoms with Crippen molar-refractivity contribution < 1.29 is 9.18 Å². The average molecular weight is 319 g/mol. The first-order valence-electron chi connectivity index (χ1n) is 5.18. The van der Waals surface area contributed by atoms with Gasteiger partial charge in [0.1, 0.15) is 5.82 Å². The molecule has 0 heterocycles. The van der Waals surface area contributed by atoms with Gasteiger partial charge >= 0.3 is 0 Å². The van der Waals surface area contributed by atoms with Crippen molar-refractivity contribution in [2.45, 2.75) is 0 Å². The van der Waals surface area contributed by atoms with Crippen LogP contribution < -0.4 is 5.32 Å². The summed E-state index contributed by atoms with van der Waals surface area (Å²) in [6, 6.07) is 8.25. The fourth-order valence-electron chi connectivity index (χ4n) is 1.47. The molecule has 2 aromatic carbocycles. The van der Waals surface area contributed by atoms with Crippen LogP contribution in [0.3, 0.4) is 0 Å². The molecular weight excluding hydrogens is 312 g/mol. The van der Waals surface area contributed by atoms with E-state index in [0.29, 0.717) is 15.1 Å². The standard InChI is InChI=1S/C13H7Cl3FNO/c14-8-1-2-11(17)12(6-8)18-13(19)7-3-9(15)5-10(16)4-7/h1-6H,(H,18,19). The van der Waals surface area contributed by atoms with Gasteiger partial charge in [-0.05, 0) is 36.4 Å². The maximum atomic E-state index is 13.5. The second-order valence-corrected chi connectivity index (χ2v) is 5.05. The van der Waals surface area contributed by atoms with Gasteiger partial charge in [-0.25, -0.2) is 4.39 Å². The summed E-state index contributed by atoms with van der Waals surface area (Å²) in [5, 5.41) is 3.37. The first kappa shape index (κ1) is 14.1. The van der Waals surface area contributed by atoms with Crippen molar-refractivity contribution in [1.82, 2.24) is 0 Å². The second-order valence-electron chi connectivity index (χ2n) is 3.74. The molecular formula is C13H7Cl3FNO. The van der Waals surface area contributed by atoms with Crippen molar-refractivity contribution in [3.8, 4) is 0 Å². The van der Waals surface area contributed by atoms with Crippen molar-refractivity contribution in [2.75, 3.05) is 5.32 Å². The van der Waals surface area contributed by atoms with Gasteiger partial charge in [-0.15, -0.1) is 0 Å². The molecule has 0 unspecified atom stereocenters. The number of rotatable bonds is 2. The fraction of sp³-hybridized carbons (Fsp3) is 0. The van der Waals surface area contributed by atoms with E-state index in [9.17, 15) is 9.18 Å². The van der Waals surface area contributed by atoms with Gasteiger partial charge in [0, 0.05) is 20.6 Å². The first-order chi connectivity index (χ1) is 8.95. The van der Waals surface area contributed by atoms with Gasteiger partial charge in [0.05, 0.1) is 5.69 Å². The SMILES string of the molecule is O=C(Nc1cc(Cl)ccc1F)c1cc(Cl)cc(Cl)c1. The summed E-state index contributed by atoms with van der Waals surface area (Å²) in [6.07, 6.45) is 0. The Bertz CT molecular complexity index is 626. The summed E-state index contributed by atoms with van der Waals surface area (Å²) in [4.78, 5) is 11.9. The van der Waals surface area contributed by atoms with Crippen LogP contribution in [0.5, 0.6) is 0 Å². The van der Waals surface area contributed by atoms with E-state index in [2.05, 4.69) is 5.32 Å². The molecule has 0 bridgehead atoms. The van der Waals surface area contributed by atoms with Crippen LogP contribution in [0.15, 0.2) is 36.4 Å². The van der Waals surface area contributed by atoms with E-state index in [0.717, 1.165) is 0 Å². The number of hydrogen-bond donors (Lipinski definition) is 1. The lowest BCUT2D eigenvalue weighted by Gasteiger charge is -2.07. The van der Waals surface area contributed by atoms with Crippen LogP contribution in [0.4, 0.5) is 10.1 Å². The van der Waals surface area contributed by atoms with Gasteiger partial charge in [-0.2, -0.15) is 0 Å². The highest BCUT2D eigenvalue weighted by atomic mass is 35.5. The third kappa shape index (κ3) is 3.60. The molecule has 6 heteroatoms. The number of halogens is 4. The van der Waals surface area contributed by atoms with E-state index < -0.39 is 11.7 Å². The number of amides is 1. The Morgan fingerprint density at radius 2 is 1.58 bits per heavy atom. The van der Waals surface area contributed by atoms with Gasteiger partial charge in [0.15, 0.2) is 0 Å². The molecule has 2 rings (SSSR count). The monoisotopic (exact) mass is 317 g/mol. The normalized spacial score (nSPS) is 10.3. The molecule has 0 radical (unpaired) electrons. The van der Waals surface area contributed by atoms with Crippen LogP contribution >= 0.6 is 34.8 Å². The Hall–Kier alpha value is -1.29. The third-order valence-corrected chi connectivity index (χ3v) is 2.97. The molecule has 2 aromatic rings. The van der Waals surface area contributed by atoms with Crippen LogP contribution in [0.2, 0.25) is 15.1 Å². The highest BCUT2D eigenvalue weighted by Crippen LogP contribution is 2.22. The Balaban J connectivity index is 2.28. The number of carbonyl (C=O) groups excluding carboxylic acids is 1. The Labute approximate surface area is 124 Å². The predicted octanol–water partition coefficient (Wildman–Crippen LogP) is 5.04. The number of hydrogen-bond acceptors (Lipinski definition) is 1. The molecule has 2 nitrogen and oxygen atoms in total. The van der Waals surface area contributed by atoms with Crippen molar-refractivity contribution in [2.24, 2.45) is 0 Å². The van der Waals surface area contributed by atoms with Crippen LogP contribution in [0, 0.1) is 5.82 Å². The zero-order chi connectivity index (χ0) is 14.0. The molecule has 0 fully saturated rings. The minimum atomic E-state index is -0.578. The molecule has 1 N–H and O–H groups in total. The number of anilines is 1. The topological polar surface area (TPSA) is 29.1 Å². The molecule has 0 aliphatic carbocycles. The molecule has 0 spiro atoms. The molecule has 19 heavy (non-hydrogen) atoms. The minimum Gasteiger partial charge on any atom is -0.319 e. The van der Waals surface area contributed by atoms with Gasteiger partial charge in [0.2, 0.25) is 0 Å². The summed E-state index contributed by atoms with van der Waals surface area (Å²) in [7, 11) is 0. The molecule has 98 valence electrons. The lowest BCUT2D eigenvalue weighted by Crippen LogP contribution is -2.13. The molecule has 0 aliphatic rings. The molecule has 0 saturated heterocycles. The summed E-state index contributed by atoms with van der Waals surface area (Å²) in [5.74, 6) is -1.10. The van der Waals surface area contributed by atoms with Crippen molar-refractivity contribution >= 4 is 46.4 Å². The van der Waals surface area contributed by atoms with Crippen molar-refractivity contribution in [3.05, 3.63) is 62.8 Å². The largest absolute Gasteiger partial charge is 0.319 e. The number of benzene rings is 2. The maximum Gasteiger partial charge on any atom is 0.255 e. The Morgan fingerprint density at radius 1 is 0.947 bits per heavy atom. The second kappa shape index (κ2) is 5.78. The highest BCUT2D eigenvalue weighted by molar-refractivity contribution is 6.35. The molecule has 0 atom stereocenters. The third-order valence-electron chi connectivity index (χ3n) is 2.30. The van der Waals surface area contributed by atoms with E-state index in [-0.39, 0.29) is 11.3 Å². The van der Waals surface area contributed by atoms with E-state index in [1.165, 1.54) is 36.4 Å². The van der Waals surface area contributed by atoms with Gasteiger partial charge in [-0.1, -0.05) is 34.8 Å².